The summed E-state index contributed by atoms with van der Waals surface area (Å²) in [6, 6.07) is 16.0. The maximum atomic E-state index is 10.7. The second-order valence-electron chi connectivity index (χ2n) is 6.80. The fourth-order valence-corrected chi connectivity index (χ4v) is 3.63. The largest absolute Gasteiger partial charge is 0.508 e. The van der Waals surface area contributed by atoms with Gasteiger partial charge in [0, 0.05) is 12.6 Å². The quantitative estimate of drug-likeness (QED) is 0.824. The van der Waals surface area contributed by atoms with Gasteiger partial charge in [-0.05, 0) is 68.0 Å². The van der Waals surface area contributed by atoms with Crippen LogP contribution in [0.1, 0.15) is 42.6 Å². The van der Waals surface area contributed by atoms with Crippen LogP contribution in [0.3, 0.4) is 0 Å². The molecule has 2 aromatic carbocycles. The Morgan fingerprint density at radius 2 is 1.88 bits per heavy atom. The van der Waals surface area contributed by atoms with Gasteiger partial charge in [-0.1, -0.05) is 36.4 Å². The second kappa shape index (κ2) is 7.82. The molecule has 1 aliphatic heterocycles. The molecule has 0 saturated carbocycles. The van der Waals surface area contributed by atoms with Crippen molar-refractivity contribution in [3.8, 4) is 5.75 Å². The van der Waals surface area contributed by atoms with Crippen molar-refractivity contribution in [2.75, 3.05) is 13.1 Å². The molecule has 2 aromatic rings. The molecule has 1 unspecified atom stereocenters. The molecule has 0 aromatic heterocycles. The van der Waals surface area contributed by atoms with Crippen LogP contribution in [0.15, 0.2) is 48.5 Å². The Bertz CT molecular complexity index is 656. The first-order valence-electron chi connectivity index (χ1n) is 8.93. The van der Waals surface area contributed by atoms with Crippen molar-refractivity contribution in [3.63, 3.8) is 0 Å². The van der Waals surface area contributed by atoms with Crippen molar-refractivity contribution in [1.29, 1.82) is 0 Å². The Labute approximate surface area is 144 Å². The number of rotatable bonds is 5. The second-order valence-corrected chi connectivity index (χ2v) is 6.80. The van der Waals surface area contributed by atoms with Crippen molar-refractivity contribution < 1.29 is 10.2 Å². The van der Waals surface area contributed by atoms with Crippen LogP contribution in [-0.2, 0) is 12.8 Å². The van der Waals surface area contributed by atoms with Crippen LogP contribution in [0.25, 0.3) is 0 Å². The van der Waals surface area contributed by atoms with E-state index < -0.39 is 6.10 Å². The highest BCUT2D eigenvalue weighted by Gasteiger charge is 2.28. The molecule has 0 amide bonds. The summed E-state index contributed by atoms with van der Waals surface area (Å²) < 4.78 is 0. The lowest BCUT2D eigenvalue weighted by molar-refractivity contribution is 0.0635. The predicted molar refractivity (Wildman–Crippen MR) is 97.2 cm³/mol. The normalized spacial score (nSPS) is 21.2. The summed E-state index contributed by atoms with van der Waals surface area (Å²) in [6.07, 6.45) is 3.80. The molecule has 2 atom stereocenters. The van der Waals surface area contributed by atoms with Gasteiger partial charge in [-0.25, -0.2) is 0 Å². The smallest absolute Gasteiger partial charge is 0.115 e. The van der Waals surface area contributed by atoms with E-state index in [2.05, 4.69) is 42.2 Å². The highest BCUT2D eigenvalue weighted by atomic mass is 16.3. The number of hydrogen-bond acceptors (Lipinski definition) is 3. The first-order chi connectivity index (χ1) is 11.6. The molecule has 0 fully saturated rings. The Morgan fingerprint density at radius 3 is 2.67 bits per heavy atom. The van der Waals surface area contributed by atoms with Gasteiger partial charge in [-0.15, -0.1) is 0 Å². The minimum absolute atomic E-state index is 0.104. The van der Waals surface area contributed by atoms with Gasteiger partial charge in [-0.2, -0.15) is 0 Å². The van der Waals surface area contributed by atoms with Gasteiger partial charge < -0.3 is 10.2 Å². The van der Waals surface area contributed by atoms with Crippen molar-refractivity contribution in [1.82, 2.24) is 4.90 Å². The molecule has 2 N–H and O–H groups in total. The van der Waals surface area contributed by atoms with E-state index in [4.69, 9.17) is 0 Å². The number of unbranched alkanes of at least 4 members (excludes halogenated alkanes) is 1. The molecule has 0 spiro atoms. The number of aromatic hydroxyl groups is 1. The number of aliphatic hydroxyl groups excluding tert-OH is 1. The van der Waals surface area contributed by atoms with Crippen molar-refractivity contribution in [3.05, 3.63) is 65.2 Å². The van der Waals surface area contributed by atoms with Gasteiger partial charge in [0.1, 0.15) is 5.75 Å². The van der Waals surface area contributed by atoms with Crippen LogP contribution in [0.4, 0.5) is 0 Å². The van der Waals surface area contributed by atoms with Crippen molar-refractivity contribution in [2.45, 2.75) is 44.8 Å². The summed E-state index contributed by atoms with van der Waals surface area (Å²) in [5.41, 5.74) is 3.43. The van der Waals surface area contributed by atoms with Gasteiger partial charge in [0.05, 0.1) is 6.10 Å². The van der Waals surface area contributed by atoms with Gasteiger partial charge >= 0.3 is 0 Å². The van der Waals surface area contributed by atoms with E-state index in [1.54, 1.807) is 12.1 Å². The minimum Gasteiger partial charge on any atom is -0.508 e. The Hall–Kier alpha value is -1.84. The highest BCUT2D eigenvalue weighted by Crippen LogP contribution is 2.30. The topological polar surface area (TPSA) is 43.7 Å². The van der Waals surface area contributed by atoms with E-state index in [0.717, 1.165) is 49.9 Å². The molecule has 0 aliphatic carbocycles. The average molecular weight is 325 g/mol. The van der Waals surface area contributed by atoms with E-state index in [1.165, 1.54) is 5.56 Å². The summed E-state index contributed by atoms with van der Waals surface area (Å²) in [6.45, 7) is 4.04. The molecule has 3 rings (SSSR count). The van der Waals surface area contributed by atoms with Crippen molar-refractivity contribution in [2.24, 2.45) is 0 Å². The lowest BCUT2D eigenvalue weighted by Crippen LogP contribution is -2.37. The van der Waals surface area contributed by atoms with Crippen LogP contribution in [0, 0.1) is 0 Å². The molecule has 3 nitrogen and oxygen atoms in total. The van der Waals surface area contributed by atoms with Crippen LogP contribution < -0.4 is 0 Å². The molecular weight excluding hydrogens is 298 g/mol. The number of phenolic OH excluding ortho intramolecular Hbond substituents is 1. The Kier molecular flexibility index (Phi) is 5.54. The fraction of sp³-hybridized carbons (Fsp3) is 0.429. The molecular formula is C21H27NO2. The van der Waals surface area contributed by atoms with Gasteiger partial charge in [0.15, 0.2) is 0 Å². The van der Waals surface area contributed by atoms with Crippen molar-refractivity contribution >= 4 is 0 Å². The zero-order chi connectivity index (χ0) is 16.9. The molecule has 24 heavy (non-hydrogen) atoms. The maximum Gasteiger partial charge on any atom is 0.115 e. The number of nitrogens with zero attached hydrogens (tertiary/aromatic N) is 1. The number of aliphatic hydroxyl groups is 1. The van der Waals surface area contributed by atoms with E-state index in [0.29, 0.717) is 0 Å². The van der Waals surface area contributed by atoms with Crippen LogP contribution >= 0.6 is 0 Å². The third kappa shape index (κ3) is 3.97. The molecule has 1 heterocycles. The van der Waals surface area contributed by atoms with Crippen LogP contribution in [-0.4, -0.2) is 34.2 Å². The van der Waals surface area contributed by atoms with Gasteiger partial charge in [-0.3, -0.25) is 4.90 Å². The number of aryl methyl sites for hydroxylation is 1. The monoisotopic (exact) mass is 325 g/mol. The maximum absolute atomic E-state index is 10.7. The summed E-state index contributed by atoms with van der Waals surface area (Å²) in [7, 11) is 0. The summed E-state index contributed by atoms with van der Waals surface area (Å²) >= 11 is 0. The number of hydrogen-bond donors (Lipinski definition) is 2. The zero-order valence-electron chi connectivity index (χ0n) is 14.4. The Balaban J connectivity index is 1.55. The fourth-order valence-electron chi connectivity index (χ4n) is 3.63. The average Bonchev–Trinajstić information content (AvgIpc) is 2.71. The first kappa shape index (κ1) is 17.0. The predicted octanol–water partition coefficient (Wildman–Crippen LogP) is 3.70. The van der Waals surface area contributed by atoms with Crippen LogP contribution in [0.2, 0.25) is 0 Å². The van der Waals surface area contributed by atoms with E-state index in [-0.39, 0.29) is 11.8 Å². The molecule has 0 saturated heterocycles. The van der Waals surface area contributed by atoms with E-state index in [1.807, 2.05) is 6.07 Å². The minimum atomic E-state index is -0.489. The Morgan fingerprint density at radius 1 is 1.08 bits per heavy atom. The standard InChI is InChI=1S/C21H27NO2/c1-16-21(24)20-11-10-19(23)15-18(20)12-14-22(16)13-6-5-9-17-7-3-2-4-8-17/h2-4,7-8,10-11,15-16,21,23-24H,5-6,9,12-14H2,1H3/t16?,21-/m0/s1. The van der Waals surface area contributed by atoms with Crippen LogP contribution in [0.5, 0.6) is 5.75 Å². The van der Waals surface area contributed by atoms with Gasteiger partial charge in [0.25, 0.3) is 0 Å². The highest BCUT2D eigenvalue weighted by molar-refractivity contribution is 5.37. The third-order valence-electron chi connectivity index (χ3n) is 5.15. The third-order valence-corrected chi connectivity index (χ3v) is 5.15. The summed E-state index contributed by atoms with van der Waals surface area (Å²) in [4.78, 5) is 2.38. The number of phenols is 1. The molecule has 3 heteroatoms. The lowest BCUT2D eigenvalue weighted by atomic mass is 9.98. The summed E-state index contributed by atoms with van der Waals surface area (Å²) in [5.74, 6) is 0.282. The number of fused-ring (bicyclic) bond motifs is 1. The van der Waals surface area contributed by atoms with E-state index in [9.17, 15) is 10.2 Å². The first-order valence-corrected chi connectivity index (χ1v) is 8.93. The lowest BCUT2D eigenvalue weighted by Gasteiger charge is -2.30. The number of benzene rings is 2. The SMILES string of the molecule is CC1[C@H](O)c2ccc(O)cc2CCN1CCCCc1ccccc1. The molecule has 0 bridgehead atoms. The zero-order valence-corrected chi connectivity index (χ0v) is 14.4. The van der Waals surface area contributed by atoms with Gasteiger partial charge in [0.2, 0.25) is 0 Å². The summed E-state index contributed by atoms with van der Waals surface area (Å²) in [5, 5.41) is 20.4. The molecule has 128 valence electrons. The molecule has 1 aliphatic rings. The molecule has 0 radical (unpaired) electrons. The van der Waals surface area contributed by atoms with E-state index >= 15 is 0 Å².